The van der Waals surface area contributed by atoms with E-state index in [9.17, 15) is 32.5 Å². The zero-order valence-corrected chi connectivity index (χ0v) is 14.5. The van der Waals surface area contributed by atoms with Crippen molar-refractivity contribution >= 4 is 30.8 Å². The number of ether oxygens (including phenoxy) is 1. The number of nitrogen functional groups attached to an aromatic ring is 1. The van der Waals surface area contributed by atoms with Gasteiger partial charge >= 0.3 is 20.0 Å². The summed E-state index contributed by atoms with van der Waals surface area (Å²) in [5.74, 6) is -2.83. The number of phosphoric acid groups is 1. The SMILES string of the molecule is Nc1ncnc2c1ncn2[C@H]1C[C@H](O)[C@@H](COP(=O)([O-])OC(=O)C(F)(F)F)O1. The fraction of sp³-hybridized carbons (Fsp3) is 0.500. The maximum absolute atomic E-state index is 12.1. The van der Waals surface area contributed by atoms with E-state index in [1.54, 1.807) is 0 Å². The fourth-order valence-electron chi connectivity index (χ4n) is 2.46. The van der Waals surface area contributed by atoms with Crippen LogP contribution >= 0.6 is 7.82 Å². The molecular formula is C12H12F3N5O7P-. The van der Waals surface area contributed by atoms with Gasteiger partial charge < -0.3 is 29.5 Å². The molecule has 3 rings (SSSR count). The third-order valence-electron chi connectivity index (χ3n) is 3.72. The Morgan fingerprint density at radius 1 is 1.46 bits per heavy atom. The van der Waals surface area contributed by atoms with Crippen LogP contribution in [-0.4, -0.2) is 55.6 Å². The smallest absolute Gasteiger partial charge is 0.491 e. The van der Waals surface area contributed by atoms with Crippen molar-refractivity contribution in [3.63, 3.8) is 0 Å². The molecule has 2 aromatic rings. The summed E-state index contributed by atoms with van der Waals surface area (Å²) in [6.07, 6.45) is -6.36. The second-order valence-corrected chi connectivity index (χ2v) is 6.97. The lowest BCUT2D eigenvalue weighted by atomic mass is 10.2. The number of nitrogens with zero attached hydrogens (tertiary/aromatic N) is 4. The Morgan fingerprint density at radius 3 is 2.86 bits per heavy atom. The van der Waals surface area contributed by atoms with Gasteiger partial charge in [-0.3, -0.25) is 9.13 Å². The van der Waals surface area contributed by atoms with Crippen LogP contribution in [0.3, 0.4) is 0 Å². The predicted molar refractivity (Wildman–Crippen MR) is 80.0 cm³/mol. The first kappa shape index (κ1) is 20.4. The fourth-order valence-corrected chi connectivity index (χ4v) is 3.15. The van der Waals surface area contributed by atoms with Crippen molar-refractivity contribution < 1.29 is 46.3 Å². The quantitative estimate of drug-likeness (QED) is 0.598. The molecule has 3 heterocycles. The number of anilines is 1. The van der Waals surface area contributed by atoms with Crippen molar-refractivity contribution in [3.8, 4) is 0 Å². The zero-order chi connectivity index (χ0) is 20.7. The van der Waals surface area contributed by atoms with Crippen molar-refractivity contribution in [1.82, 2.24) is 19.5 Å². The highest BCUT2D eigenvalue weighted by molar-refractivity contribution is 7.46. The van der Waals surface area contributed by atoms with E-state index in [1.807, 2.05) is 0 Å². The van der Waals surface area contributed by atoms with Crippen LogP contribution < -0.4 is 10.6 Å². The number of rotatable bonds is 5. The largest absolute Gasteiger partial charge is 0.746 e. The van der Waals surface area contributed by atoms with Crippen LogP contribution in [0.5, 0.6) is 0 Å². The van der Waals surface area contributed by atoms with E-state index >= 15 is 0 Å². The summed E-state index contributed by atoms with van der Waals surface area (Å²) in [5.41, 5.74) is 6.24. The number of hydrogen-bond donors (Lipinski definition) is 2. The van der Waals surface area contributed by atoms with Crippen molar-refractivity contribution in [2.75, 3.05) is 12.3 Å². The minimum atomic E-state index is -5.62. The summed E-state index contributed by atoms with van der Waals surface area (Å²) in [4.78, 5) is 33.7. The molecule has 154 valence electrons. The monoisotopic (exact) mass is 426 g/mol. The molecule has 0 aliphatic carbocycles. The van der Waals surface area contributed by atoms with Crippen LogP contribution in [-0.2, 0) is 23.1 Å². The molecule has 28 heavy (non-hydrogen) atoms. The normalized spacial score (nSPS) is 25.0. The van der Waals surface area contributed by atoms with Gasteiger partial charge in [-0.1, -0.05) is 0 Å². The van der Waals surface area contributed by atoms with Crippen LogP contribution in [0, 0.1) is 0 Å². The van der Waals surface area contributed by atoms with Crippen molar-refractivity contribution in [2.24, 2.45) is 0 Å². The van der Waals surface area contributed by atoms with Crippen LogP contribution in [0.1, 0.15) is 12.6 Å². The minimum Gasteiger partial charge on any atom is -0.746 e. The Balaban J connectivity index is 1.65. The molecule has 0 bridgehead atoms. The van der Waals surface area contributed by atoms with Gasteiger partial charge in [0.2, 0.25) is 0 Å². The molecule has 1 saturated heterocycles. The Labute approximate surface area is 153 Å². The molecule has 0 radical (unpaired) electrons. The Hall–Kier alpha value is -2.32. The highest BCUT2D eigenvalue weighted by Gasteiger charge is 2.44. The summed E-state index contributed by atoms with van der Waals surface area (Å²) >= 11 is 0. The molecule has 0 saturated carbocycles. The molecule has 12 nitrogen and oxygen atoms in total. The number of alkyl halides is 3. The third kappa shape index (κ3) is 4.23. The van der Waals surface area contributed by atoms with E-state index in [1.165, 1.54) is 17.2 Å². The number of carbonyl (C=O) groups excluding carboxylic acids is 1. The number of aromatic nitrogens is 4. The summed E-state index contributed by atoms with van der Waals surface area (Å²) in [7, 11) is -5.62. The van der Waals surface area contributed by atoms with Crippen molar-refractivity contribution in [2.45, 2.75) is 31.0 Å². The number of nitrogens with two attached hydrogens (primary N) is 1. The number of imidazole rings is 1. The average Bonchev–Trinajstić information content (AvgIpc) is 3.16. The molecule has 0 aromatic carbocycles. The van der Waals surface area contributed by atoms with Gasteiger partial charge in [0.05, 0.1) is 19.0 Å². The van der Waals surface area contributed by atoms with Crippen molar-refractivity contribution in [1.29, 1.82) is 0 Å². The molecule has 0 amide bonds. The van der Waals surface area contributed by atoms with Crippen LogP contribution in [0.25, 0.3) is 11.2 Å². The van der Waals surface area contributed by atoms with E-state index in [-0.39, 0.29) is 17.8 Å². The van der Waals surface area contributed by atoms with Gasteiger partial charge in [0, 0.05) is 6.42 Å². The van der Waals surface area contributed by atoms with E-state index in [0.717, 1.165) is 0 Å². The summed E-state index contributed by atoms with van der Waals surface area (Å²) in [5, 5.41) is 10.0. The molecule has 0 spiro atoms. The highest BCUT2D eigenvalue weighted by Crippen LogP contribution is 2.42. The van der Waals surface area contributed by atoms with Crippen LogP contribution in [0.15, 0.2) is 12.7 Å². The van der Waals surface area contributed by atoms with Gasteiger partial charge in [-0.25, -0.2) is 19.7 Å². The summed E-state index contributed by atoms with van der Waals surface area (Å²) in [6.45, 7) is -0.882. The first-order valence-corrected chi connectivity index (χ1v) is 8.97. The highest BCUT2D eigenvalue weighted by atomic mass is 31.2. The lowest BCUT2D eigenvalue weighted by Gasteiger charge is -2.24. The number of aliphatic hydroxyl groups is 1. The Bertz CT molecular complexity index is 938. The van der Waals surface area contributed by atoms with Gasteiger partial charge in [-0.15, -0.1) is 0 Å². The average molecular weight is 426 g/mol. The minimum absolute atomic E-state index is 0.0328. The summed E-state index contributed by atoms with van der Waals surface area (Å²) < 4.78 is 61.9. The first-order chi connectivity index (χ1) is 13.0. The predicted octanol–water partition coefficient (Wildman–Crippen LogP) is -0.353. The van der Waals surface area contributed by atoms with Crippen molar-refractivity contribution in [3.05, 3.63) is 12.7 Å². The van der Waals surface area contributed by atoms with Gasteiger partial charge in [0.1, 0.15) is 24.2 Å². The van der Waals surface area contributed by atoms with Gasteiger partial charge in [0.25, 0.3) is 0 Å². The standard InChI is InChI=1S/C12H13F3N5O7P/c13-12(14,15)11(22)27-28(23,24)25-2-6-5(21)1-7(26-6)20-4-19-8-9(16)17-3-18-10(8)20/h3-7,21H,1-2H2,(H,23,24)(H2,16,17,18)/p-1/t5-,6+,7+/m0/s1. The molecule has 1 aliphatic heterocycles. The second kappa shape index (κ2) is 7.25. The molecule has 1 unspecified atom stereocenters. The van der Waals surface area contributed by atoms with Crippen LogP contribution in [0.4, 0.5) is 19.0 Å². The van der Waals surface area contributed by atoms with E-state index in [4.69, 9.17) is 10.5 Å². The lowest BCUT2D eigenvalue weighted by molar-refractivity contribution is -0.238. The lowest BCUT2D eigenvalue weighted by Crippen LogP contribution is -2.30. The molecule has 1 fully saturated rings. The maximum atomic E-state index is 12.1. The molecular weight excluding hydrogens is 414 g/mol. The number of hydrogen-bond acceptors (Lipinski definition) is 11. The third-order valence-corrected chi connectivity index (χ3v) is 4.58. The van der Waals surface area contributed by atoms with Crippen LogP contribution in [0.2, 0.25) is 0 Å². The Morgan fingerprint density at radius 2 is 2.18 bits per heavy atom. The maximum Gasteiger partial charge on any atom is 0.491 e. The number of fused-ring (bicyclic) bond motifs is 1. The van der Waals surface area contributed by atoms with E-state index in [0.29, 0.717) is 5.65 Å². The number of carbonyl (C=O) groups is 1. The zero-order valence-electron chi connectivity index (χ0n) is 13.6. The Kier molecular flexibility index (Phi) is 5.29. The molecule has 2 aromatic heterocycles. The first-order valence-electron chi connectivity index (χ1n) is 7.51. The van der Waals surface area contributed by atoms with E-state index < -0.39 is 45.0 Å². The molecule has 3 N–H and O–H groups in total. The molecule has 16 heteroatoms. The molecule has 1 aliphatic rings. The second-order valence-electron chi connectivity index (χ2n) is 5.63. The topological polar surface area (TPSA) is 175 Å². The van der Waals surface area contributed by atoms with Gasteiger partial charge in [-0.2, -0.15) is 13.2 Å². The van der Waals surface area contributed by atoms with Gasteiger partial charge in [0.15, 0.2) is 11.5 Å². The number of phosphoric ester groups is 1. The van der Waals surface area contributed by atoms with Gasteiger partial charge in [-0.05, 0) is 0 Å². The number of aliphatic hydroxyl groups excluding tert-OH is 1. The molecule has 4 atom stereocenters. The summed E-state index contributed by atoms with van der Waals surface area (Å²) in [6, 6.07) is 0. The van der Waals surface area contributed by atoms with E-state index in [2.05, 4.69) is 24.0 Å². The number of halogens is 3.